The molecule has 2 nitrogen and oxygen atoms in total. The topological polar surface area (TPSA) is 38.9 Å². The van der Waals surface area contributed by atoms with Gasteiger partial charge in [0.15, 0.2) is 0 Å². The van der Waals surface area contributed by atoms with E-state index in [2.05, 4.69) is 4.98 Å². The number of aromatic nitrogens is 1. The van der Waals surface area contributed by atoms with Crippen molar-refractivity contribution in [1.29, 1.82) is 0 Å². The van der Waals surface area contributed by atoms with Crippen LogP contribution in [-0.4, -0.2) is 4.98 Å². The Balaban J connectivity index is 2.44. The molecule has 0 radical (unpaired) electrons. The molecule has 0 aliphatic rings. The van der Waals surface area contributed by atoms with Gasteiger partial charge in [0.1, 0.15) is 5.82 Å². The van der Waals surface area contributed by atoms with E-state index in [1.54, 1.807) is 6.07 Å². The van der Waals surface area contributed by atoms with Crippen molar-refractivity contribution in [2.75, 3.05) is 0 Å². The van der Waals surface area contributed by atoms with Gasteiger partial charge in [-0.25, -0.2) is 4.39 Å². The van der Waals surface area contributed by atoms with E-state index in [9.17, 15) is 4.39 Å². The first-order valence-corrected chi connectivity index (χ1v) is 4.71. The van der Waals surface area contributed by atoms with Crippen molar-refractivity contribution in [3.63, 3.8) is 0 Å². The summed E-state index contributed by atoms with van der Waals surface area (Å²) < 4.78 is 13.0. The normalized spacial score (nSPS) is 10.3. The summed E-state index contributed by atoms with van der Waals surface area (Å²) in [6, 6.07) is 11.9. The highest BCUT2D eigenvalue weighted by atomic mass is 19.1. The number of benzene rings is 1. The van der Waals surface area contributed by atoms with Crippen molar-refractivity contribution in [3.8, 4) is 11.3 Å². The van der Waals surface area contributed by atoms with Gasteiger partial charge < -0.3 is 5.73 Å². The van der Waals surface area contributed by atoms with E-state index in [0.717, 1.165) is 17.0 Å². The lowest BCUT2D eigenvalue weighted by Gasteiger charge is -2.02. The molecule has 0 amide bonds. The Morgan fingerprint density at radius 2 is 1.93 bits per heavy atom. The predicted molar refractivity (Wildman–Crippen MR) is 57.5 cm³/mol. The fourth-order valence-electron chi connectivity index (χ4n) is 1.40. The molecule has 76 valence electrons. The van der Waals surface area contributed by atoms with Crippen LogP contribution < -0.4 is 5.73 Å². The van der Waals surface area contributed by atoms with Crippen LogP contribution in [0.15, 0.2) is 42.5 Å². The van der Waals surface area contributed by atoms with Crippen LogP contribution in [0, 0.1) is 5.82 Å². The molecule has 0 fully saturated rings. The number of hydrogen-bond acceptors (Lipinski definition) is 2. The van der Waals surface area contributed by atoms with Crippen molar-refractivity contribution in [2.45, 2.75) is 6.54 Å². The average Bonchev–Trinajstić information content (AvgIpc) is 2.29. The van der Waals surface area contributed by atoms with Crippen LogP contribution in [0.4, 0.5) is 4.39 Å². The third-order valence-corrected chi connectivity index (χ3v) is 2.14. The molecule has 1 heterocycles. The monoisotopic (exact) mass is 202 g/mol. The molecule has 1 aromatic heterocycles. The second-order valence-electron chi connectivity index (χ2n) is 3.23. The summed E-state index contributed by atoms with van der Waals surface area (Å²) in [4.78, 5) is 4.31. The van der Waals surface area contributed by atoms with Gasteiger partial charge in [-0.15, -0.1) is 0 Å². The van der Waals surface area contributed by atoms with E-state index in [0.29, 0.717) is 6.54 Å². The van der Waals surface area contributed by atoms with Gasteiger partial charge >= 0.3 is 0 Å². The van der Waals surface area contributed by atoms with Crippen LogP contribution in [0.5, 0.6) is 0 Å². The maximum Gasteiger partial charge on any atom is 0.123 e. The van der Waals surface area contributed by atoms with Gasteiger partial charge in [0.2, 0.25) is 0 Å². The van der Waals surface area contributed by atoms with E-state index in [-0.39, 0.29) is 5.82 Å². The van der Waals surface area contributed by atoms with Crippen LogP contribution in [0.1, 0.15) is 5.69 Å². The van der Waals surface area contributed by atoms with Gasteiger partial charge in [0.05, 0.1) is 11.4 Å². The maximum absolute atomic E-state index is 13.0. The zero-order valence-electron chi connectivity index (χ0n) is 8.15. The van der Waals surface area contributed by atoms with Crippen LogP contribution in [0.25, 0.3) is 11.3 Å². The van der Waals surface area contributed by atoms with Crippen molar-refractivity contribution < 1.29 is 4.39 Å². The summed E-state index contributed by atoms with van der Waals surface area (Å²) in [5, 5.41) is 0. The van der Waals surface area contributed by atoms with Gasteiger partial charge in [0, 0.05) is 12.1 Å². The van der Waals surface area contributed by atoms with Gasteiger partial charge in [-0.3, -0.25) is 4.98 Å². The second kappa shape index (κ2) is 4.19. The van der Waals surface area contributed by atoms with Crippen LogP contribution >= 0.6 is 0 Å². The van der Waals surface area contributed by atoms with Crippen molar-refractivity contribution >= 4 is 0 Å². The zero-order chi connectivity index (χ0) is 10.7. The first-order chi connectivity index (χ1) is 7.29. The van der Waals surface area contributed by atoms with E-state index in [4.69, 9.17) is 5.73 Å². The Bertz CT molecular complexity index is 469. The summed E-state index contributed by atoms with van der Waals surface area (Å²) in [5.74, 6) is -0.257. The molecule has 0 bridgehead atoms. The summed E-state index contributed by atoms with van der Waals surface area (Å²) in [6.07, 6.45) is 0. The van der Waals surface area contributed by atoms with Crippen LogP contribution in [-0.2, 0) is 6.54 Å². The molecule has 0 atom stereocenters. The minimum atomic E-state index is -0.257. The van der Waals surface area contributed by atoms with Crippen LogP contribution in [0.3, 0.4) is 0 Å². The molecule has 0 aliphatic heterocycles. The molecule has 2 aromatic rings. The average molecular weight is 202 g/mol. The summed E-state index contributed by atoms with van der Waals surface area (Å²) in [7, 11) is 0. The van der Waals surface area contributed by atoms with Crippen molar-refractivity contribution in [1.82, 2.24) is 4.98 Å². The van der Waals surface area contributed by atoms with Gasteiger partial charge in [-0.05, 0) is 24.3 Å². The molecule has 3 heteroatoms. The number of rotatable bonds is 2. The summed E-state index contributed by atoms with van der Waals surface area (Å²) in [5.41, 5.74) is 7.81. The third-order valence-electron chi connectivity index (χ3n) is 2.14. The lowest BCUT2D eigenvalue weighted by atomic mass is 10.1. The van der Waals surface area contributed by atoms with Gasteiger partial charge in [-0.2, -0.15) is 0 Å². The molecule has 2 rings (SSSR count). The number of hydrogen-bond donors (Lipinski definition) is 1. The van der Waals surface area contributed by atoms with Crippen molar-refractivity contribution in [3.05, 3.63) is 54.0 Å². The number of nitrogens with zero attached hydrogens (tertiary/aromatic N) is 1. The second-order valence-corrected chi connectivity index (χ2v) is 3.23. The Morgan fingerprint density at radius 1 is 1.13 bits per heavy atom. The lowest BCUT2D eigenvalue weighted by molar-refractivity contribution is 0.628. The van der Waals surface area contributed by atoms with E-state index in [1.165, 1.54) is 12.1 Å². The highest BCUT2D eigenvalue weighted by Crippen LogP contribution is 2.17. The molecule has 0 aliphatic carbocycles. The molecule has 1 aromatic carbocycles. The number of halogens is 1. The Labute approximate surface area is 87.6 Å². The largest absolute Gasteiger partial charge is 0.325 e. The minimum Gasteiger partial charge on any atom is -0.325 e. The summed E-state index contributed by atoms with van der Waals surface area (Å²) >= 11 is 0. The molecule has 15 heavy (non-hydrogen) atoms. The minimum absolute atomic E-state index is 0.257. The van der Waals surface area contributed by atoms with Gasteiger partial charge in [0.25, 0.3) is 0 Å². The Kier molecular flexibility index (Phi) is 2.74. The van der Waals surface area contributed by atoms with E-state index in [1.807, 2.05) is 24.3 Å². The Morgan fingerprint density at radius 3 is 2.67 bits per heavy atom. The van der Waals surface area contributed by atoms with Gasteiger partial charge in [-0.1, -0.05) is 18.2 Å². The molecule has 0 unspecified atom stereocenters. The Hall–Kier alpha value is -1.74. The fraction of sp³-hybridized carbons (Fsp3) is 0.0833. The van der Waals surface area contributed by atoms with Crippen molar-refractivity contribution in [2.24, 2.45) is 5.73 Å². The predicted octanol–water partition coefficient (Wildman–Crippen LogP) is 2.35. The maximum atomic E-state index is 13.0. The first kappa shape index (κ1) is 9.80. The highest BCUT2D eigenvalue weighted by molar-refractivity contribution is 5.58. The first-order valence-electron chi connectivity index (χ1n) is 4.71. The molecule has 2 N–H and O–H groups in total. The summed E-state index contributed by atoms with van der Waals surface area (Å²) in [6.45, 7) is 0.392. The third kappa shape index (κ3) is 2.19. The fourth-order valence-corrected chi connectivity index (χ4v) is 1.40. The molecule has 0 spiro atoms. The smallest absolute Gasteiger partial charge is 0.123 e. The highest BCUT2D eigenvalue weighted by Gasteiger charge is 2.01. The standard InChI is InChI=1S/C12H11FN2/c13-10-4-1-3-9(7-10)12-6-2-5-11(8-14)15-12/h1-7H,8,14H2. The molecular formula is C12H11FN2. The van der Waals surface area contributed by atoms with Crippen LogP contribution in [0.2, 0.25) is 0 Å². The van der Waals surface area contributed by atoms with E-state index < -0.39 is 0 Å². The quantitative estimate of drug-likeness (QED) is 0.811. The molecule has 0 saturated carbocycles. The lowest BCUT2D eigenvalue weighted by Crippen LogP contribution is -1.99. The molecular weight excluding hydrogens is 191 g/mol. The number of pyridine rings is 1. The number of nitrogens with two attached hydrogens (primary N) is 1. The van der Waals surface area contributed by atoms with E-state index >= 15 is 0 Å². The zero-order valence-corrected chi connectivity index (χ0v) is 8.15. The SMILES string of the molecule is NCc1cccc(-c2cccc(F)c2)n1. The molecule has 0 saturated heterocycles.